The molecule has 0 fully saturated rings. The van der Waals surface area contributed by atoms with Crippen LogP contribution in [0.4, 0.5) is 0 Å². The molecule has 1 heterocycles. The highest BCUT2D eigenvalue weighted by Gasteiger charge is 2.48. The van der Waals surface area contributed by atoms with Crippen LogP contribution in [0.15, 0.2) is 54.6 Å². The minimum atomic E-state index is -1.11. The Hall–Kier alpha value is -2.62. The van der Waals surface area contributed by atoms with Crippen LogP contribution in [0.3, 0.4) is 0 Å². The summed E-state index contributed by atoms with van der Waals surface area (Å²) < 4.78 is 10.8. The molecule has 0 unspecified atom stereocenters. The number of fused-ring (bicyclic) bond motifs is 1. The van der Waals surface area contributed by atoms with E-state index < -0.39 is 17.5 Å². The molecule has 0 aliphatic carbocycles. The molecule has 1 aliphatic heterocycles. The van der Waals surface area contributed by atoms with Crippen LogP contribution in [0, 0.1) is 0 Å². The highest BCUT2D eigenvalue weighted by molar-refractivity contribution is 5.96. The molecule has 0 N–H and O–H groups in total. The van der Waals surface area contributed by atoms with Gasteiger partial charge in [-0.2, -0.15) is 0 Å². The third-order valence-corrected chi connectivity index (χ3v) is 3.79. The lowest BCUT2D eigenvalue weighted by molar-refractivity contribution is -0.147. The number of rotatable bonds is 4. The molecule has 22 heavy (non-hydrogen) atoms. The van der Waals surface area contributed by atoms with Crippen LogP contribution >= 0.6 is 0 Å². The van der Waals surface area contributed by atoms with Crippen LogP contribution in [0.2, 0.25) is 0 Å². The molecule has 0 spiro atoms. The number of benzene rings is 2. The number of esters is 2. The van der Waals surface area contributed by atoms with E-state index in [4.69, 9.17) is 9.47 Å². The fraction of sp³-hybridized carbons (Fsp3) is 0.222. The van der Waals surface area contributed by atoms with Crippen molar-refractivity contribution in [3.8, 4) is 0 Å². The average molecular weight is 296 g/mol. The zero-order valence-corrected chi connectivity index (χ0v) is 12.2. The number of hydrogen-bond donors (Lipinski definition) is 0. The number of hydrogen-bond acceptors (Lipinski definition) is 4. The molecule has 0 aromatic heterocycles. The number of ether oxygens (including phenoxy) is 2. The predicted octanol–water partition coefficient (Wildman–Crippen LogP) is 3.05. The summed E-state index contributed by atoms with van der Waals surface area (Å²) >= 11 is 0. The molecule has 2 aromatic carbocycles. The summed E-state index contributed by atoms with van der Waals surface area (Å²) in [6.07, 6.45) is -0.0341. The first-order valence-electron chi connectivity index (χ1n) is 7.21. The van der Waals surface area contributed by atoms with Gasteiger partial charge in [0, 0.05) is 11.1 Å². The minimum absolute atomic E-state index is 0.0341. The summed E-state index contributed by atoms with van der Waals surface area (Å²) in [5, 5.41) is 0. The summed E-state index contributed by atoms with van der Waals surface area (Å²) in [6.45, 7) is 2.04. The molecule has 4 nitrogen and oxygen atoms in total. The smallest absolute Gasteiger partial charge is 0.339 e. The Labute approximate surface area is 128 Å². The fourth-order valence-electron chi connectivity index (χ4n) is 2.85. The molecule has 3 rings (SSSR count). The zero-order valence-electron chi connectivity index (χ0n) is 12.2. The van der Waals surface area contributed by atoms with E-state index in [-0.39, 0.29) is 6.42 Å². The van der Waals surface area contributed by atoms with Gasteiger partial charge in [0.1, 0.15) is 0 Å². The first kappa shape index (κ1) is 14.3. The van der Waals surface area contributed by atoms with E-state index in [1.165, 1.54) is 0 Å². The van der Waals surface area contributed by atoms with Crippen molar-refractivity contribution < 1.29 is 19.1 Å². The van der Waals surface area contributed by atoms with Gasteiger partial charge in [-0.3, -0.25) is 4.79 Å². The second-order valence-electron chi connectivity index (χ2n) is 5.11. The monoisotopic (exact) mass is 296 g/mol. The topological polar surface area (TPSA) is 52.6 Å². The summed E-state index contributed by atoms with van der Waals surface area (Å²) in [5.41, 5.74) is 0.859. The van der Waals surface area contributed by atoms with E-state index in [2.05, 4.69) is 0 Å². The molecule has 0 saturated heterocycles. The normalized spacial score (nSPS) is 19.4. The van der Waals surface area contributed by atoms with E-state index in [1.54, 1.807) is 19.1 Å². The second kappa shape index (κ2) is 5.64. The van der Waals surface area contributed by atoms with Crippen molar-refractivity contribution in [2.24, 2.45) is 0 Å². The molecular weight excluding hydrogens is 280 g/mol. The van der Waals surface area contributed by atoms with Gasteiger partial charge < -0.3 is 9.47 Å². The summed E-state index contributed by atoms with van der Waals surface area (Å²) in [6, 6.07) is 16.5. The Morgan fingerprint density at radius 1 is 1.09 bits per heavy atom. The van der Waals surface area contributed by atoms with Crippen molar-refractivity contribution in [1.82, 2.24) is 0 Å². The third kappa shape index (κ3) is 2.26. The Morgan fingerprint density at radius 2 is 1.77 bits per heavy atom. The highest BCUT2D eigenvalue weighted by atomic mass is 16.6. The molecule has 112 valence electrons. The van der Waals surface area contributed by atoms with E-state index in [9.17, 15) is 9.59 Å². The van der Waals surface area contributed by atoms with E-state index >= 15 is 0 Å². The molecular formula is C18H16O4. The maximum Gasteiger partial charge on any atom is 0.339 e. The van der Waals surface area contributed by atoms with Crippen molar-refractivity contribution in [1.29, 1.82) is 0 Å². The van der Waals surface area contributed by atoms with E-state index in [0.29, 0.717) is 17.7 Å². The average Bonchev–Trinajstić information content (AvgIpc) is 2.82. The number of cyclic esters (lactones) is 1. The van der Waals surface area contributed by atoms with Gasteiger partial charge in [0.05, 0.1) is 18.6 Å². The zero-order chi connectivity index (χ0) is 15.6. The maximum absolute atomic E-state index is 12.2. The lowest BCUT2D eigenvalue weighted by Gasteiger charge is -2.28. The standard InChI is InChI=1S/C18H16O4/c1-2-21-16(19)12-18(13-8-4-3-5-9-13)15-11-7-6-10-14(15)17(20)22-18/h3-11H,2,12H2,1H3/t18-/m1/s1. The highest BCUT2D eigenvalue weighted by Crippen LogP contribution is 2.44. The van der Waals surface area contributed by atoms with Gasteiger partial charge in [0.15, 0.2) is 5.60 Å². The first-order valence-corrected chi connectivity index (χ1v) is 7.21. The van der Waals surface area contributed by atoms with Crippen LogP contribution < -0.4 is 0 Å². The molecule has 0 amide bonds. The molecule has 0 bridgehead atoms. The van der Waals surface area contributed by atoms with E-state index in [0.717, 1.165) is 5.56 Å². The first-order chi connectivity index (χ1) is 10.7. The van der Waals surface area contributed by atoms with Crippen LogP contribution in [0.25, 0.3) is 0 Å². The van der Waals surface area contributed by atoms with Crippen molar-refractivity contribution in [2.75, 3.05) is 6.61 Å². The van der Waals surface area contributed by atoms with Crippen LogP contribution in [-0.2, 0) is 19.9 Å². The lowest BCUT2D eigenvalue weighted by Crippen LogP contribution is -2.31. The number of carbonyl (C=O) groups is 2. The van der Waals surface area contributed by atoms with Gasteiger partial charge in [-0.05, 0) is 13.0 Å². The van der Waals surface area contributed by atoms with Gasteiger partial charge in [-0.1, -0.05) is 48.5 Å². The summed E-state index contributed by atoms with van der Waals surface area (Å²) in [7, 11) is 0. The third-order valence-electron chi connectivity index (χ3n) is 3.79. The number of carbonyl (C=O) groups excluding carboxylic acids is 2. The van der Waals surface area contributed by atoms with Gasteiger partial charge in [-0.15, -0.1) is 0 Å². The lowest BCUT2D eigenvalue weighted by atomic mass is 9.83. The van der Waals surface area contributed by atoms with Crippen molar-refractivity contribution in [2.45, 2.75) is 18.9 Å². The van der Waals surface area contributed by atoms with Gasteiger partial charge >= 0.3 is 11.9 Å². The summed E-state index contributed by atoms with van der Waals surface area (Å²) in [5.74, 6) is -0.806. The molecule has 4 heteroatoms. The van der Waals surface area contributed by atoms with Crippen LogP contribution in [-0.4, -0.2) is 18.5 Å². The van der Waals surface area contributed by atoms with Crippen LogP contribution in [0.1, 0.15) is 34.8 Å². The Balaban J connectivity index is 2.14. The SMILES string of the molecule is CCOC(=O)C[C@]1(c2ccccc2)OC(=O)c2ccccc21. The van der Waals surface area contributed by atoms with Gasteiger partial charge in [0.25, 0.3) is 0 Å². The minimum Gasteiger partial charge on any atom is -0.466 e. The van der Waals surface area contributed by atoms with Crippen molar-refractivity contribution in [3.05, 3.63) is 71.3 Å². The predicted molar refractivity (Wildman–Crippen MR) is 80.3 cm³/mol. The van der Waals surface area contributed by atoms with E-state index in [1.807, 2.05) is 42.5 Å². The quantitative estimate of drug-likeness (QED) is 0.814. The largest absolute Gasteiger partial charge is 0.466 e. The molecule has 1 atom stereocenters. The van der Waals surface area contributed by atoms with Crippen LogP contribution in [0.5, 0.6) is 0 Å². The van der Waals surface area contributed by atoms with Gasteiger partial charge in [0.2, 0.25) is 0 Å². The second-order valence-corrected chi connectivity index (χ2v) is 5.11. The molecule has 1 aliphatic rings. The maximum atomic E-state index is 12.2. The van der Waals surface area contributed by atoms with Crippen molar-refractivity contribution in [3.63, 3.8) is 0 Å². The molecule has 2 aromatic rings. The fourth-order valence-corrected chi connectivity index (χ4v) is 2.85. The molecule has 0 radical (unpaired) electrons. The Kier molecular flexibility index (Phi) is 3.67. The Bertz CT molecular complexity index is 708. The Morgan fingerprint density at radius 3 is 2.50 bits per heavy atom. The van der Waals surface area contributed by atoms with Gasteiger partial charge in [-0.25, -0.2) is 4.79 Å². The van der Waals surface area contributed by atoms with Crippen molar-refractivity contribution >= 4 is 11.9 Å². The summed E-state index contributed by atoms with van der Waals surface area (Å²) in [4.78, 5) is 24.3. The molecule has 0 saturated carbocycles.